The van der Waals surface area contributed by atoms with E-state index >= 15 is 0 Å². The van der Waals surface area contributed by atoms with Gasteiger partial charge >= 0.3 is 0 Å². The SMILES string of the molecule is CC1CCCCCN1CC(O)COc1ccccc1C#N. The highest BCUT2D eigenvalue weighted by atomic mass is 16.5. The topological polar surface area (TPSA) is 56.5 Å². The summed E-state index contributed by atoms with van der Waals surface area (Å²) in [4.78, 5) is 2.34. The summed E-state index contributed by atoms with van der Waals surface area (Å²) in [5.41, 5.74) is 0.507. The first kappa shape index (κ1) is 15.8. The van der Waals surface area contributed by atoms with Gasteiger partial charge in [-0.2, -0.15) is 5.26 Å². The Morgan fingerprint density at radius 1 is 1.38 bits per heavy atom. The van der Waals surface area contributed by atoms with Crippen molar-refractivity contribution in [2.24, 2.45) is 0 Å². The van der Waals surface area contributed by atoms with E-state index in [2.05, 4.69) is 17.9 Å². The Kier molecular flexibility index (Phi) is 6.04. The van der Waals surface area contributed by atoms with E-state index in [1.807, 2.05) is 6.07 Å². The van der Waals surface area contributed by atoms with Gasteiger partial charge in [-0.05, 0) is 38.4 Å². The van der Waals surface area contributed by atoms with Crippen LogP contribution in [0.15, 0.2) is 24.3 Å². The number of rotatable bonds is 5. The van der Waals surface area contributed by atoms with Gasteiger partial charge in [-0.1, -0.05) is 25.0 Å². The van der Waals surface area contributed by atoms with Crippen LogP contribution < -0.4 is 4.74 Å². The first-order valence-electron chi connectivity index (χ1n) is 7.74. The molecular formula is C17H24N2O2. The molecule has 0 bridgehead atoms. The molecule has 2 rings (SSSR count). The van der Waals surface area contributed by atoms with Crippen molar-refractivity contribution < 1.29 is 9.84 Å². The third kappa shape index (κ3) is 4.73. The molecule has 0 aromatic heterocycles. The van der Waals surface area contributed by atoms with E-state index in [-0.39, 0.29) is 6.61 Å². The maximum atomic E-state index is 10.2. The second-order valence-electron chi connectivity index (χ2n) is 5.77. The van der Waals surface area contributed by atoms with E-state index in [4.69, 9.17) is 10.00 Å². The van der Waals surface area contributed by atoms with Crippen LogP contribution in [0.3, 0.4) is 0 Å². The number of β-amino-alcohol motifs (C(OH)–C–C–N with tert-alkyl or cyclic N) is 1. The average molecular weight is 288 g/mol. The molecule has 1 saturated heterocycles. The number of hydrogen-bond donors (Lipinski definition) is 1. The molecular weight excluding hydrogens is 264 g/mol. The molecule has 1 fully saturated rings. The second-order valence-corrected chi connectivity index (χ2v) is 5.77. The highest BCUT2D eigenvalue weighted by Gasteiger charge is 2.20. The monoisotopic (exact) mass is 288 g/mol. The molecule has 0 aliphatic carbocycles. The van der Waals surface area contributed by atoms with Gasteiger partial charge < -0.3 is 9.84 Å². The number of para-hydroxylation sites is 1. The normalized spacial score (nSPS) is 21.3. The Morgan fingerprint density at radius 2 is 2.19 bits per heavy atom. The molecule has 0 saturated carbocycles. The van der Waals surface area contributed by atoms with E-state index in [9.17, 15) is 5.11 Å². The van der Waals surface area contributed by atoms with Crippen LogP contribution in [-0.4, -0.2) is 41.8 Å². The number of nitrogens with zero attached hydrogens (tertiary/aromatic N) is 2. The smallest absolute Gasteiger partial charge is 0.137 e. The van der Waals surface area contributed by atoms with Crippen molar-refractivity contribution in [2.75, 3.05) is 19.7 Å². The predicted molar refractivity (Wildman–Crippen MR) is 82.2 cm³/mol. The first-order chi connectivity index (χ1) is 10.2. The van der Waals surface area contributed by atoms with Crippen LogP contribution in [-0.2, 0) is 0 Å². The van der Waals surface area contributed by atoms with E-state index < -0.39 is 6.10 Å². The van der Waals surface area contributed by atoms with Crippen LogP contribution in [0.4, 0.5) is 0 Å². The third-order valence-electron chi connectivity index (χ3n) is 4.07. The fourth-order valence-corrected chi connectivity index (χ4v) is 2.80. The van der Waals surface area contributed by atoms with Crippen molar-refractivity contribution in [3.63, 3.8) is 0 Å². The highest BCUT2D eigenvalue weighted by molar-refractivity contribution is 5.42. The zero-order valence-electron chi connectivity index (χ0n) is 12.7. The minimum absolute atomic E-state index is 0.224. The Labute approximate surface area is 127 Å². The van der Waals surface area contributed by atoms with Crippen LogP contribution >= 0.6 is 0 Å². The number of benzene rings is 1. The van der Waals surface area contributed by atoms with E-state index in [0.29, 0.717) is 23.9 Å². The van der Waals surface area contributed by atoms with E-state index in [1.165, 1.54) is 25.7 Å². The van der Waals surface area contributed by atoms with Crippen LogP contribution in [0.25, 0.3) is 0 Å². The lowest BCUT2D eigenvalue weighted by Gasteiger charge is -2.29. The van der Waals surface area contributed by atoms with Crippen LogP contribution in [0, 0.1) is 11.3 Å². The van der Waals surface area contributed by atoms with E-state index in [1.54, 1.807) is 18.2 Å². The summed E-state index contributed by atoms with van der Waals surface area (Å²) in [7, 11) is 0. The van der Waals surface area contributed by atoms with Gasteiger partial charge in [0, 0.05) is 12.6 Å². The minimum atomic E-state index is -0.530. The van der Waals surface area contributed by atoms with Crippen molar-refractivity contribution in [1.82, 2.24) is 4.90 Å². The number of aliphatic hydroxyl groups excluding tert-OH is 1. The Morgan fingerprint density at radius 3 is 3.00 bits per heavy atom. The minimum Gasteiger partial charge on any atom is -0.489 e. The molecule has 2 unspecified atom stereocenters. The molecule has 1 aromatic carbocycles. The Bertz CT molecular complexity index is 484. The van der Waals surface area contributed by atoms with Crippen molar-refractivity contribution in [3.8, 4) is 11.8 Å². The van der Waals surface area contributed by atoms with Crippen LogP contribution in [0.5, 0.6) is 5.75 Å². The summed E-state index contributed by atoms with van der Waals surface area (Å²) in [6.45, 7) is 4.13. The number of aliphatic hydroxyl groups is 1. The summed E-state index contributed by atoms with van der Waals surface area (Å²) in [6, 6.07) is 9.74. The molecule has 1 N–H and O–H groups in total. The number of likely N-dealkylation sites (tertiary alicyclic amines) is 1. The van der Waals surface area contributed by atoms with Crippen molar-refractivity contribution >= 4 is 0 Å². The van der Waals surface area contributed by atoms with Gasteiger partial charge in [-0.3, -0.25) is 4.90 Å². The van der Waals surface area contributed by atoms with Crippen molar-refractivity contribution in [1.29, 1.82) is 5.26 Å². The van der Waals surface area contributed by atoms with Gasteiger partial charge in [-0.25, -0.2) is 0 Å². The molecule has 2 atom stereocenters. The number of hydrogen-bond acceptors (Lipinski definition) is 4. The fourth-order valence-electron chi connectivity index (χ4n) is 2.80. The maximum Gasteiger partial charge on any atom is 0.137 e. The number of nitriles is 1. The second kappa shape index (κ2) is 8.02. The molecule has 4 heteroatoms. The lowest BCUT2D eigenvalue weighted by molar-refractivity contribution is 0.0558. The average Bonchev–Trinajstić information content (AvgIpc) is 2.70. The van der Waals surface area contributed by atoms with Crippen molar-refractivity contribution in [3.05, 3.63) is 29.8 Å². The molecule has 1 aromatic rings. The van der Waals surface area contributed by atoms with Gasteiger partial charge in [0.1, 0.15) is 24.5 Å². The molecule has 0 amide bonds. The summed E-state index contributed by atoms with van der Waals surface area (Å²) in [5.74, 6) is 0.544. The van der Waals surface area contributed by atoms with Gasteiger partial charge in [0.05, 0.1) is 5.56 Å². The zero-order valence-corrected chi connectivity index (χ0v) is 12.7. The summed E-state index contributed by atoms with van der Waals surface area (Å²) in [5, 5.41) is 19.2. The molecule has 0 radical (unpaired) electrons. The Hall–Kier alpha value is -1.57. The molecule has 0 spiro atoms. The van der Waals surface area contributed by atoms with Gasteiger partial charge in [0.25, 0.3) is 0 Å². The summed E-state index contributed by atoms with van der Waals surface area (Å²) >= 11 is 0. The van der Waals surface area contributed by atoms with E-state index in [0.717, 1.165) is 6.54 Å². The largest absolute Gasteiger partial charge is 0.489 e. The standard InChI is InChI=1S/C17H24N2O2/c1-14-7-3-2-6-10-19(14)12-16(20)13-21-17-9-5-4-8-15(17)11-18/h4-5,8-9,14,16,20H,2-3,6-7,10,12-13H2,1H3. The molecule has 1 aliphatic heterocycles. The predicted octanol–water partition coefficient (Wildman–Crippen LogP) is 2.56. The van der Waals surface area contributed by atoms with Gasteiger partial charge in [-0.15, -0.1) is 0 Å². The summed E-state index contributed by atoms with van der Waals surface area (Å²) < 4.78 is 5.60. The lowest BCUT2D eigenvalue weighted by atomic mass is 10.1. The molecule has 21 heavy (non-hydrogen) atoms. The molecule has 1 aliphatic rings. The first-order valence-corrected chi connectivity index (χ1v) is 7.74. The van der Waals surface area contributed by atoms with Crippen molar-refractivity contribution in [2.45, 2.75) is 44.8 Å². The molecule has 114 valence electrons. The maximum absolute atomic E-state index is 10.2. The Balaban J connectivity index is 1.84. The lowest BCUT2D eigenvalue weighted by Crippen LogP contribution is -2.40. The van der Waals surface area contributed by atoms with Crippen LogP contribution in [0.2, 0.25) is 0 Å². The molecule has 1 heterocycles. The zero-order chi connectivity index (χ0) is 15.1. The van der Waals surface area contributed by atoms with Gasteiger partial charge in [0.15, 0.2) is 0 Å². The summed E-state index contributed by atoms with van der Waals surface area (Å²) in [6.07, 6.45) is 4.43. The molecule has 4 nitrogen and oxygen atoms in total. The van der Waals surface area contributed by atoms with Gasteiger partial charge in [0.2, 0.25) is 0 Å². The number of ether oxygens (including phenoxy) is 1. The fraction of sp³-hybridized carbons (Fsp3) is 0.588. The highest BCUT2D eigenvalue weighted by Crippen LogP contribution is 2.18. The third-order valence-corrected chi connectivity index (χ3v) is 4.07. The quantitative estimate of drug-likeness (QED) is 0.904. The van der Waals surface area contributed by atoms with Crippen LogP contribution in [0.1, 0.15) is 38.2 Å².